The second-order valence-electron chi connectivity index (χ2n) is 2.05. The zero-order valence-corrected chi connectivity index (χ0v) is 6.83. The number of phenolic OH excluding ortho intramolecular Hbond substituents is 1. The summed E-state index contributed by atoms with van der Waals surface area (Å²) in [7, 11) is 0. The maximum atomic E-state index is 12.8. The molecule has 1 aromatic carbocycles. The molecule has 0 unspecified atom stereocenters. The molecule has 0 spiro atoms. The van der Waals surface area contributed by atoms with Crippen LogP contribution in [0.4, 0.5) is 18.9 Å². The highest BCUT2D eigenvalue weighted by Crippen LogP contribution is 2.31. The fourth-order valence-electron chi connectivity index (χ4n) is 0.718. The van der Waals surface area contributed by atoms with Crippen molar-refractivity contribution in [3.05, 3.63) is 23.5 Å². The zero-order chi connectivity index (χ0) is 10.0. The molecule has 1 N–H and O–H groups in total. The van der Waals surface area contributed by atoms with Crippen LogP contribution < -0.4 is 0 Å². The summed E-state index contributed by atoms with van der Waals surface area (Å²) in [5.41, 5.74) is -0.853. The first-order valence-corrected chi connectivity index (χ1v) is 3.43. The number of benzene rings is 1. The number of aromatic hydroxyl groups is 1. The Hall–Kier alpha value is -1.39. The Bertz CT molecular complexity index is 401. The average molecular weight is 205 g/mol. The van der Waals surface area contributed by atoms with Gasteiger partial charge in [0, 0.05) is 6.07 Å². The molecule has 68 valence electrons. The molecule has 0 fully saturated rings. The lowest BCUT2D eigenvalue weighted by molar-refractivity contribution is 0.392. The molecule has 0 bridgehead atoms. The standard InChI is InChI=1S/C7H2F3NOS/c8-3-1-4(9)7(12)5(10)6(3)11-2-13/h1,12H. The summed E-state index contributed by atoms with van der Waals surface area (Å²) in [6.07, 6.45) is 0. The van der Waals surface area contributed by atoms with E-state index in [2.05, 4.69) is 17.2 Å². The molecule has 0 saturated carbocycles. The van der Waals surface area contributed by atoms with Gasteiger partial charge in [-0.2, -0.15) is 4.99 Å². The van der Waals surface area contributed by atoms with Crippen molar-refractivity contribution in [2.45, 2.75) is 0 Å². The molecule has 0 aromatic heterocycles. The molecule has 6 heteroatoms. The molecule has 0 atom stereocenters. The van der Waals surface area contributed by atoms with Gasteiger partial charge in [0.2, 0.25) is 0 Å². The van der Waals surface area contributed by atoms with Gasteiger partial charge in [-0.15, -0.1) is 0 Å². The molecule has 0 amide bonds. The van der Waals surface area contributed by atoms with Crippen molar-refractivity contribution in [1.29, 1.82) is 0 Å². The molecule has 0 aliphatic carbocycles. The molecule has 0 radical (unpaired) electrons. The predicted molar refractivity (Wildman–Crippen MR) is 42.7 cm³/mol. The maximum Gasteiger partial charge on any atom is 0.197 e. The summed E-state index contributed by atoms with van der Waals surface area (Å²) in [4.78, 5) is 3.00. The molecule has 13 heavy (non-hydrogen) atoms. The van der Waals surface area contributed by atoms with Crippen LogP contribution in [-0.2, 0) is 0 Å². The van der Waals surface area contributed by atoms with E-state index in [-0.39, 0.29) is 0 Å². The van der Waals surface area contributed by atoms with Crippen molar-refractivity contribution in [2.24, 2.45) is 4.99 Å². The van der Waals surface area contributed by atoms with Gasteiger partial charge in [0.15, 0.2) is 23.2 Å². The molecule has 0 aliphatic heterocycles. The largest absolute Gasteiger partial charge is 0.503 e. The Morgan fingerprint density at radius 3 is 2.46 bits per heavy atom. The molecule has 1 rings (SSSR count). The smallest absolute Gasteiger partial charge is 0.197 e. The van der Waals surface area contributed by atoms with Crippen molar-refractivity contribution < 1.29 is 18.3 Å². The van der Waals surface area contributed by atoms with Gasteiger partial charge in [0.25, 0.3) is 0 Å². The highest BCUT2D eigenvalue weighted by molar-refractivity contribution is 7.78. The highest BCUT2D eigenvalue weighted by atomic mass is 32.1. The van der Waals surface area contributed by atoms with Crippen LogP contribution in [0.3, 0.4) is 0 Å². The molecule has 0 saturated heterocycles. The van der Waals surface area contributed by atoms with E-state index in [0.717, 1.165) is 0 Å². The number of isothiocyanates is 1. The van der Waals surface area contributed by atoms with E-state index in [0.29, 0.717) is 6.07 Å². The van der Waals surface area contributed by atoms with Crippen LogP contribution in [0.1, 0.15) is 0 Å². The Morgan fingerprint density at radius 1 is 1.31 bits per heavy atom. The number of hydrogen-bond acceptors (Lipinski definition) is 3. The zero-order valence-electron chi connectivity index (χ0n) is 6.01. The lowest BCUT2D eigenvalue weighted by atomic mass is 10.2. The summed E-state index contributed by atoms with van der Waals surface area (Å²) in [6.45, 7) is 0. The molecule has 0 heterocycles. The normalized spacial score (nSPS) is 9.46. The SMILES string of the molecule is Oc1c(F)cc(F)c(N=C=S)c1F. The van der Waals surface area contributed by atoms with Gasteiger partial charge >= 0.3 is 0 Å². The van der Waals surface area contributed by atoms with Gasteiger partial charge in [-0.05, 0) is 12.2 Å². The summed E-state index contributed by atoms with van der Waals surface area (Å²) in [6, 6.07) is 0.309. The average Bonchev–Trinajstić information content (AvgIpc) is 2.09. The number of rotatable bonds is 1. The van der Waals surface area contributed by atoms with Crippen molar-refractivity contribution >= 4 is 23.1 Å². The number of nitrogens with zero attached hydrogens (tertiary/aromatic N) is 1. The quantitative estimate of drug-likeness (QED) is 0.564. The fourth-order valence-corrected chi connectivity index (χ4v) is 0.809. The Morgan fingerprint density at radius 2 is 1.92 bits per heavy atom. The van der Waals surface area contributed by atoms with Gasteiger partial charge in [-0.25, -0.2) is 13.2 Å². The van der Waals surface area contributed by atoms with Crippen LogP contribution in [0.5, 0.6) is 5.75 Å². The van der Waals surface area contributed by atoms with Gasteiger partial charge in [0.05, 0.1) is 5.16 Å². The van der Waals surface area contributed by atoms with Crippen LogP contribution in [0.25, 0.3) is 0 Å². The fraction of sp³-hybridized carbons (Fsp3) is 0. The van der Waals surface area contributed by atoms with Gasteiger partial charge < -0.3 is 5.11 Å². The third-order valence-corrected chi connectivity index (χ3v) is 1.37. The van der Waals surface area contributed by atoms with Crippen LogP contribution in [0.15, 0.2) is 11.1 Å². The first-order valence-electron chi connectivity index (χ1n) is 3.02. The van der Waals surface area contributed by atoms with Gasteiger partial charge in [0.1, 0.15) is 5.69 Å². The predicted octanol–water partition coefficient (Wildman–Crippen LogP) is 2.54. The molecular weight excluding hydrogens is 203 g/mol. The second-order valence-corrected chi connectivity index (χ2v) is 2.24. The number of phenols is 1. The van der Waals surface area contributed by atoms with E-state index in [9.17, 15) is 13.2 Å². The maximum absolute atomic E-state index is 12.8. The van der Waals surface area contributed by atoms with Gasteiger partial charge in [-0.3, -0.25) is 0 Å². The van der Waals surface area contributed by atoms with E-state index in [4.69, 9.17) is 5.11 Å². The highest BCUT2D eigenvalue weighted by Gasteiger charge is 2.17. The van der Waals surface area contributed by atoms with Crippen molar-refractivity contribution in [2.75, 3.05) is 0 Å². The number of aliphatic imine (C=N–C) groups is 1. The number of thiocarbonyl (C=S) groups is 1. The monoisotopic (exact) mass is 205 g/mol. The van der Waals surface area contributed by atoms with Crippen LogP contribution in [0.2, 0.25) is 0 Å². The minimum absolute atomic E-state index is 0.309. The van der Waals surface area contributed by atoms with Crippen molar-refractivity contribution in [1.82, 2.24) is 0 Å². The Kier molecular flexibility index (Phi) is 2.65. The first-order chi connectivity index (χ1) is 6.07. The van der Waals surface area contributed by atoms with E-state index < -0.39 is 28.9 Å². The Labute approximate surface area is 76.3 Å². The van der Waals surface area contributed by atoms with E-state index in [1.807, 2.05) is 0 Å². The lowest BCUT2D eigenvalue weighted by Gasteiger charge is -2.00. The van der Waals surface area contributed by atoms with E-state index >= 15 is 0 Å². The molecule has 1 aromatic rings. The third kappa shape index (κ3) is 1.68. The van der Waals surface area contributed by atoms with Crippen LogP contribution >= 0.6 is 12.2 Å². The van der Waals surface area contributed by atoms with Crippen LogP contribution in [0, 0.1) is 17.5 Å². The topological polar surface area (TPSA) is 32.6 Å². The number of halogens is 3. The van der Waals surface area contributed by atoms with E-state index in [1.165, 1.54) is 0 Å². The molecule has 0 aliphatic rings. The third-order valence-electron chi connectivity index (χ3n) is 1.28. The lowest BCUT2D eigenvalue weighted by Crippen LogP contribution is -1.88. The summed E-state index contributed by atoms with van der Waals surface area (Å²) in [5.74, 6) is -5.41. The molecular formula is C7H2F3NOS. The van der Waals surface area contributed by atoms with Crippen LogP contribution in [-0.4, -0.2) is 10.3 Å². The van der Waals surface area contributed by atoms with Crippen molar-refractivity contribution in [3.63, 3.8) is 0 Å². The van der Waals surface area contributed by atoms with E-state index in [1.54, 1.807) is 5.16 Å². The summed E-state index contributed by atoms with van der Waals surface area (Å²) >= 11 is 4.10. The number of hydrogen-bond donors (Lipinski definition) is 1. The second kappa shape index (κ2) is 3.55. The molecule has 2 nitrogen and oxygen atoms in total. The van der Waals surface area contributed by atoms with Crippen molar-refractivity contribution in [3.8, 4) is 5.75 Å². The minimum atomic E-state index is -1.49. The minimum Gasteiger partial charge on any atom is -0.503 e. The Balaban J connectivity index is 3.52. The first kappa shape index (κ1) is 9.70. The summed E-state index contributed by atoms with van der Waals surface area (Å²) < 4.78 is 37.9. The summed E-state index contributed by atoms with van der Waals surface area (Å²) in [5, 5.41) is 10.4. The van der Waals surface area contributed by atoms with Gasteiger partial charge in [-0.1, -0.05) is 0 Å².